The van der Waals surface area contributed by atoms with Gasteiger partial charge in [0.25, 0.3) is 0 Å². The molecular formula is C20H24N2O3. The number of H-pyrrole nitrogens is 1. The van der Waals surface area contributed by atoms with E-state index in [0.29, 0.717) is 12.3 Å². The van der Waals surface area contributed by atoms with Crippen LogP contribution in [0.25, 0.3) is 10.9 Å². The second-order valence-corrected chi connectivity index (χ2v) is 7.99. The summed E-state index contributed by atoms with van der Waals surface area (Å²) in [6.45, 7) is 2.00. The molecule has 3 heterocycles. The number of carbonyl (C=O) groups is 1. The van der Waals surface area contributed by atoms with Crippen molar-refractivity contribution in [2.75, 3.05) is 13.1 Å². The number of aliphatic hydroxyl groups is 1. The molecule has 132 valence electrons. The number of benzene rings is 1. The van der Waals surface area contributed by atoms with E-state index in [1.165, 1.54) is 22.2 Å². The summed E-state index contributed by atoms with van der Waals surface area (Å²) >= 11 is 0. The minimum Gasteiger partial charge on any atom is -0.481 e. The number of aliphatic carboxylic acids is 1. The minimum atomic E-state index is -0.830. The molecule has 1 saturated heterocycles. The molecule has 3 aliphatic rings. The zero-order valence-electron chi connectivity index (χ0n) is 14.2. The maximum Gasteiger partial charge on any atom is 0.309 e. The quantitative estimate of drug-likeness (QED) is 0.746. The molecule has 1 aromatic heterocycles. The van der Waals surface area contributed by atoms with E-state index in [1.54, 1.807) is 0 Å². The van der Waals surface area contributed by atoms with Crippen molar-refractivity contribution in [1.82, 2.24) is 9.88 Å². The first kappa shape index (κ1) is 15.4. The molecule has 0 amide bonds. The number of aromatic amines is 1. The van der Waals surface area contributed by atoms with Gasteiger partial charge in [0.05, 0.1) is 18.1 Å². The Kier molecular flexibility index (Phi) is 3.44. The van der Waals surface area contributed by atoms with Gasteiger partial charge in [-0.2, -0.15) is 0 Å². The molecule has 2 aliphatic heterocycles. The fourth-order valence-corrected chi connectivity index (χ4v) is 5.68. The summed E-state index contributed by atoms with van der Waals surface area (Å²) in [4.78, 5) is 17.9. The normalized spacial score (nSPS) is 35.0. The van der Waals surface area contributed by atoms with Crippen LogP contribution in [0.3, 0.4) is 0 Å². The Morgan fingerprint density at radius 3 is 2.92 bits per heavy atom. The molecule has 0 spiro atoms. The van der Waals surface area contributed by atoms with Crippen molar-refractivity contribution >= 4 is 16.9 Å². The average Bonchev–Trinajstić information content (AvgIpc) is 2.99. The molecule has 1 aliphatic carbocycles. The van der Waals surface area contributed by atoms with Crippen molar-refractivity contribution in [3.05, 3.63) is 35.5 Å². The SMILES string of the molecule is O=C(O)[C@@H]1[C@H]2C[C@H]3c4[nH]c5ccccc5c4CCN3C[C@@H]2CC[C@@H]1O. The van der Waals surface area contributed by atoms with Crippen LogP contribution in [0.2, 0.25) is 0 Å². The van der Waals surface area contributed by atoms with Crippen LogP contribution in [-0.4, -0.2) is 45.3 Å². The number of carboxylic acid groups (broad SMARTS) is 1. The number of aromatic nitrogens is 1. The molecule has 3 N–H and O–H groups in total. The number of para-hydroxylation sites is 1. The summed E-state index contributed by atoms with van der Waals surface area (Å²) in [5.41, 5.74) is 3.85. The summed E-state index contributed by atoms with van der Waals surface area (Å²) in [7, 11) is 0. The average molecular weight is 340 g/mol. The van der Waals surface area contributed by atoms with Gasteiger partial charge in [-0.05, 0) is 49.1 Å². The third-order valence-corrected chi connectivity index (χ3v) is 6.83. The van der Waals surface area contributed by atoms with Crippen LogP contribution >= 0.6 is 0 Å². The van der Waals surface area contributed by atoms with Crippen molar-refractivity contribution in [1.29, 1.82) is 0 Å². The van der Waals surface area contributed by atoms with Gasteiger partial charge in [0, 0.05) is 29.7 Å². The van der Waals surface area contributed by atoms with E-state index < -0.39 is 18.0 Å². The number of fused-ring (bicyclic) bond motifs is 6. The Bertz CT molecular complexity index is 829. The zero-order valence-corrected chi connectivity index (χ0v) is 14.2. The van der Waals surface area contributed by atoms with Gasteiger partial charge in [0.1, 0.15) is 0 Å². The van der Waals surface area contributed by atoms with Crippen molar-refractivity contribution in [2.45, 2.75) is 37.8 Å². The summed E-state index contributed by atoms with van der Waals surface area (Å²) in [5.74, 6) is -0.981. The molecule has 5 rings (SSSR count). The highest BCUT2D eigenvalue weighted by Crippen LogP contribution is 2.49. The number of rotatable bonds is 1. The molecule has 25 heavy (non-hydrogen) atoms. The van der Waals surface area contributed by atoms with Gasteiger partial charge in [-0.25, -0.2) is 0 Å². The highest BCUT2D eigenvalue weighted by atomic mass is 16.4. The van der Waals surface area contributed by atoms with E-state index in [4.69, 9.17) is 0 Å². The predicted molar refractivity (Wildman–Crippen MR) is 94.3 cm³/mol. The predicted octanol–water partition coefficient (Wildman–Crippen LogP) is 2.56. The second kappa shape index (κ2) is 5.58. The molecule has 5 atom stereocenters. The fraction of sp³-hybridized carbons (Fsp3) is 0.550. The van der Waals surface area contributed by atoms with E-state index in [9.17, 15) is 15.0 Å². The van der Waals surface area contributed by atoms with Crippen molar-refractivity contribution in [2.24, 2.45) is 17.8 Å². The Morgan fingerprint density at radius 1 is 1.24 bits per heavy atom. The summed E-state index contributed by atoms with van der Waals surface area (Å²) < 4.78 is 0. The highest BCUT2D eigenvalue weighted by molar-refractivity contribution is 5.85. The largest absolute Gasteiger partial charge is 0.481 e. The first-order valence-corrected chi connectivity index (χ1v) is 9.38. The fourth-order valence-electron chi connectivity index (χ4n) is 5.68. The van der Waals surface area contributed by atoms with Gasteiger partial charge in [-0.1, -0.05) is 18.2 Å². The molecule has 0 radical (unpaired) electrons. The number of carboxylic acids is 1. The lowest BCUT2D eigenvalue weighted by Gasteiger charge is -2.50. The molecule has 1 aromatic carbocycles. The Balaban J connectivity index is 1.54. The molecule has 1 saturated carbocycles. The van der Waals surface area contributed by atoms with Crippen molar-refractivity contribution in [3.8, 4) is 0 Å². The van der Waals surface area contributed by atoms with Gasteiger partial charge in [0.15, 0.2) is 0 Å². The van der Waals surface area contributed by atoms with E-state index in [2.05, 4.69) is 34.1 Å². The van der Waals surface area contributed by atoms with E-state index in [-0.39, 0.29) is 12.0 Å². The Hall–Kier alpha value is -1.85. The smallest absolute Gasteiger partial charge is 0.309 e. The highest BCUT2D eigenvalue weighted by Gasteiger charge is 2.49. The van der Waals surface area contributed by atoms with E-state index in [1.807, 2.05) is 0 Å². The Morgan fingerprint density at radius 2 is 2.08 bits per heavy atom. The molecule has 2 aromatic rings. The second-order valence-electron chi connectivity index (χ2n) is 7.99. The third-order valence-electron chi connectivity index (χ3n) is 6.83. The first-order valence-electron chi connectivity index (χ1n) is 9.38. The van der Waals surface area contributed by atoms with Crippen LogP contribution in [0, 0.1) is 17.8 Å². The number of piperidine rings is 1. The van der Waals surface area contributed by atoms with Crippen molar-refractivity contribution < 1.29 is 15.0 Å². The van der Waals surface area contributed by atoms with Crippen LogP contribution < -0.4 is 0 Å². The first-order chi connectivity index (χ1) is 12.1. The monoisotopic (exact) mass is 340 g/mol. The number of nitrogens with zero attached hydrogens (tertiary/aromatic N) is 1. The summed E-state index contributed by atoms with van der Waals surface area (Å²) in [6, 6.07) is 8.68. The molecule has 2 fully saturated rings. The van der Waals surface area contributed by atoms with Crippen LogP contribution in [0.1, 0.15) is 36.6 Å². The number of nitrogens with one attached hydrogen (secondary N) is 1. The number of hydrogen-bond donors (Lipinski definition) is 3. The molecular weight excluding hydrogens is 316 g/mol. The Labute approximate surface area is 146 Å². The van der Waals surface area contributed by atoms with Gasteiger partial charge >= 0.3 is 5.97 Å². The minimum absolute atomic E-state index is 0.0693. The maximum atomic E-state index is 11.8. The van der Waals surface area contributed by atoms with Crippen LogP contribution in [0.5, 0.6) is 0 Å². The standard InChI is InChI=1S/C20H24N2O3/c23-17-6-5-11-10-22-8-7-13-12-3-1-2-4-15(12)21-19(13)16(22)9-14(11)18(17)20(24)25/h1-4,11,14,16-18,21,23H,5-10H2,(H,24,25)/t11-,14-,16-,17-,18+/m0/s1. The van der Waals surface area contributed by atoms with Gasteiger partial charge in [-0.15, -0.1) is 0 Å². The topological polar surface area (TPSA) is 76.6 Å². The van der Waals surface area contributed by atoms with Crippen molar-refractivity contribution in [3.63, 3.8) is 0 Å². The zero-order chi connectivity index (χ0) is 17.1. The number of hydrogen-bond acceptors (Lipinski definition) is 3. The lowest BCUT2D eigenvalue weighted by atomic mass is 9.65. The van der Waals surface area contributed by atoms with Gasteiger partial charge < -0.3 is 15.2 Å². The molecule has 5 heteroatoms. The van der Waals surface area contributed by atoms with Crippen LogP contribution in [0.15, 0.2) is 24.3 Å². The van der Waals surface area contributed by atoms with E-state index >= 15 is 0 Å². The lowest BCUT2D eigenvalue weighted by Crippen LogP contribution is -2.53. The van der Waals surface area contributed by atoms with E-state index in [0.717, 1.165) is 32.4 Å². The number of aliphatic hydroxyl groups excluding tert-OH is 1. The summed E-state index contributed by atoms with van der Waals surface area (Å²) in [5, 5.41) is 21.3. The van der Waals surface area contributed by atoms with Gasteiger partial charge in [-0.3, -0.25) is 9.69 Å². The molecule has 0 unspecified atom stereocenters. The maximum absolute atomic E-state index is 11.8. The van der Waals surface area contributed by atoms with Crippen LogP contribution in [-0.2, 0) is 11.2 Å². The third kappa shape index (κ3) is 2.26. The molecule has 5 nitrogen and oxygen atoms in total. The van der Waals surface area contributed by atoms with Crippen LogP contribution in [0.4, 0.5) is 0 Å². The lowest BCUT2D eigenvalue weighted by molar-refractivity contribution is -0.156. The molecule has 0 bridgehead atoms. The van der Waals surface area contributed by atoms with Gasteiger partial charge in [0.2, 0.25) is 0 Å². The summed E-state index contributed by atoms with van der Waals surface area (Å²) in [6.07, 6.45) is 2.75.